The van der Waals surface area contributed by atoms with Crippen LogP contribution in [0.5, 0.6) is 0 Å². The maximum atomic E-state index is 12.9. The predicted octanol–water partition coefficient (Wildman–Crippen LogP) is 3.19. The van der Waals surface area contributed by atoms with Crippen molar-refractivity contribution in [3.05, 3.63) is 48.4 Å². The molecule has 0 unspecified atom stereocenters. The minimum Gasteiger partial charge on any atom is -0.399 e. The van der Waals surface area contributed by atoms with Gasteiger partial charge in [-0.25, -0.2) is 4.39 Å². The van der Waals surface area contributed by atoms with Gasteiger partial charge >= 0.3 is 7.12 Å². The Bertz CT molecular complexity index is 652. The fourth-order valence-corrected chi connectivity index (χ4v) is 2.34. The number of rotatable bonds is 2. The van der Waals surface area contributed by atoms with Crippen LogP contribution in [0.4, 0.5) is 4.39 Å². The van der Waals surface area contributed by atoms with Crippen LogP contribution in [0.2, 0.25) is 0 Å². The minimum absolute atomic E-state index is 0.336. The topological polar surface area (TPSA) is 31.4 Å². The molecule has 1 aliphatic heterocycles. The Kier molecular flexibility index (Phi) is 3.58. The van der Waals surface area contributed by atoms with Gasteiger partial charge in [0.25, 0.3) is 0 Å². The first-order valence-corrected chi connectivity index (χ1v) is 7.36. The van der Waals surface area contributed by atoms with Crippen molar-refractivity contribution in [2.45, 2.75) is 38.9 Å². The summed E-state index contributed by atoms with van der Waals surface area (Å²) in [4.78, 5) is 4.08. The van der Waals surface area contributed by atoms with E-state index in [9.17, 15) is 4.39 Å². The molecule has 0 radical (unpaired) electrons. The van der Waals surface area contributed by atoms with E-state index in [-0.39, 0.29) is 24.1 Å². The normalized spacial score (nSPS) is 19.4. The quantitative estimate of drug-likeness (QED) is 0.798. The maximum absolute atomic E-state index is 12.9. The van der Waals surface area contributed by atoms with Crippen molar-refractivity contribution in [2.75, 3.05) is 0 Å². The number of pyridine rings is 1. The second kappa shape index (κ2) is 5.18. The van der Waals surface area contributed by atoms with Gasteiger partial charge in [0.2, 0.25) is 0 Å². The Morgan fingerprint density at radius 1 is 0.909 bits per heavy atom. The Morgan fingerprint density at radius 3 is 2.00 bits per heavy atom. The molecule has 0 bridgehead atoms. The third-order valence-corrected chi connectivity index (χ3v) is 4.46. The molecule has 0 spiro atoms. The molecule has 22 heavy (non-hydrogen) atoms. The summed E-state index contributed by atoms with van der Waals surface area (Å²) in [5.74, 6) is -0.336. The molecule has 3 rings (SSSR count). The average molecular weight is 299 g/mol. The van der Waals surface area contributed by atoms with Gasteiger partial charge in [-0.3, -0.25) is 4.98 Å². The van der Waals surface area contributed by atoms with Crippen LogP contribution in [0.15, 0.2) is 42.6 Å². The third kappa shape index (κ3) is 2.66. The Balaban J connectivity index is 1.82. The monoisotopic (exact) mass is 299 g/mol. The molecule has 1 aromatic heterocycles. The van der Waals surface area contributed by atoms with Gasteiger partial charge in [0.15, 0.2) is 0 Å². The molecule has 1 aliphatic rings. The highest BCUT2D eigenvalue weighted by Crippen LogP contribution is 2.36. The lowest BCUT2D eigenvalue weighted by molar-refractivity contribution is 0.00578. The molecule has 0 atom stereocenters. The fraction of sp³-hybridized carbons (Fsp3) is 0.353. The van der Waals surface area contributed by atoms with E-state index < -0.39 is 0 Å². The van der Waals surface area contributed by atoms with E-state index in [1.807, 2.05) is 52.0 Å². The number of aromatic nitrogens is 1. The van der Waals surface area contributed by atoms with Gasteiger partial charge in [-0.15, -0.1) is 0 Å². The van der Waals surface area contributed by atoms with E-state index in [0.29, 0.717) is 0 Å². The van der Waals surface area contributed by atoms with Gasteiger partial charge in [0.1, 0.15) is 5.82 Å². The van der Waals surface area contributed by atoms with Crippen LogP contribution in [0.25, 0.3) is 11.3 Å². The van der Waals surface area contributed by atoms with Gasteiger partial charge < -0.3 is 9.31 Å². The predicted molar refractivity (Wildman–Crippen MR) is 85.3 cm³/mol. The van der Waals surface area contributed by atoms with Gasteiger partial charge in [0, 0.05) is 5.56 Å². The zero-order valence-corrected chi connectivity index (χ0v) is 13.3. The first kappa shape index (κ1) is 15.2. The van der Waals surface area contributed by atoms with Crippen LogP contribution in [0, 0.1) is 5.82 Å². The molecule has 0 aliphatic carbocycles. The zero-order chi connectivity index (χ0) is 16.0. The summed E-state index contributed by atoms with van der Waals surface area (Å²) in [5.41, 5.74) is 1.93. The summed E-state index contributed by atoms with van der Waals surface area (Å²) in [5, 5.41) is 0. The van der Waals surface area contributed by atoms with E-state index in [1.54, 1.807) is 6.07 Å². The van der Waals surface area contributed by atoms with E-state index in [0.717, 1.165) is 16.7 Å². The molecule has 2 aromatic rings. The van der Waals surface area contributed by atoms with E-state index >= 15 is 0 Å². The van der Waals surface area contributed by atoms with Crippen molar-refractivity contribution in [3.8, 4) is 11.3 Å². The molecule has 0 amide bonds. The van der Waals surface area contributed by atoms with Gasteiger partial charge in [-0.1, -0.05) is 24.3 Å². The number of halogens is 1. The van der Waals surface area contributed by atoms with Gasteiger partial charge in [0.05, 0.1) is 23.1 Å². The molecule has 3 nitrogen and oxygen atoms in total. The average Bonchev–Trinajstić information content (AvgIpc) is 2.68. The molecule has 5 heteroatoms. The molecule has 1 aromatic carbocycles. The zero-order valence-electron chi connectivity index (χ0n) is 13.3. The number of nitrogens with zero attached hydrogens (tertiary/aromatic N) is 1. The molecule has 1 fully saturated rings. The Morgan fingerprint density at radius 2 is 1.50 bits per heavy atom. The van der Waals surface area contributed by atoms with Crippen molar-refractivity contribution in [1.82, 2.24) is 4.98 Å². The maximum Gasteiger partial charge on any atom is 0.494 e. The summed E-state index contributed by atoms with van der Waals surface area (Å²) in [7, 11) is -0.375. The minimum atomic E-state index is -0.375. The van der Waals surface area contributed by atoms with E-state index in [2.05, 4.69) is 4.98 Å². The SMILES string of the molecule is CC1(C)OB(c2ccc(-c3ccc(F)cn3)cc2)OC1(C)C. The van der Waals surface area contributed by atoms with Crippen LogP contribution in [-0.2, 0) is 9.31 Å². The lowest BCUT2D eigenvalue weighted by atomic mass is 9.79. The van der Waals surface area contributed by atoms with Crippen molar-refractivity contribution < 1.29 is 13.7 Å². The second-order valence-electron chi connectivity index (χ2n) is 6.57. The summed E-state index contributed by atoms with van der Waals surface area (Å²) < 4.78 is 25.0. The highest BCUT2D eigenvalue weighted by atomic mass is 19.1. The third-order valence-electron chi connectivity index (χ3n) is 4.46. The summed E-state index contributed by atoms with van der Waals surface area (Å²) in [6.07, 6.45) is 1.22. The van der Waals surface area contributed by atoms with Crippen LogP contribution in [-0.4, -0.2) is 23.3 Å². The van der Waals surface area contributed by atoms with Crippen LogP contribution >= 0.6 is 0 Å². The first-order valence-electron chi connectivity index (χ1n) is 7.36. The molecular formula is C17H19BFNO2. The smallest absolute Gasteiger partial charge is 0.399 e. The van der Waals surface area contributed by atoms with Gasteiger partial charge in [-0.2, -0.15) is 0 Å². The summed E-state index contributed by atoms with van der Waals surface area (Å²) in [6.45, 7) is 8.13. The van der Waals surface area contributed by atoms with Crippen LogP contribution in [0.1, 0.15) is 27.7 Å². The van der Waals surface area contributed by atoms with Crippen molar-refractivity contribution in [2.24, 2.45) is 0 Å². The Hall–Kier alpha value is -1.72. The number of hydrogen-bond donors (Lipinski definition) is 0. The van der Waals surface area contributed by atoms with Crippen LogP contribution < -0.4 is 5.46 Å². The molecule has 1 saturated heterocycles. The number of benzene rings is 1. The molecule has 2 heterocycles. The van der Waals surface area contributed by atoms with Gasteiger partial charge in [-0.05, 0) is 45.3 Å². The van der Waals surface area contributed by atoms with Crippen molar-refractivity contribution in [3.63, 3.8) is 0 Å². The largest absolute Gasteiger partial charge is 0.494 e. The summed E-state index contributed by atoms with van der Waals surface area (Å²) in [6, 6.07) is 10.9. The molecular weight excluding hydrogens is 280 g/mol. The van der Waals surface area contributed by atoms with E-state index in [1.165, 1.54) is 12.3 Å². The second-order valence-corrected chi connectivity index (χ2v) is 6.57. The Labute approximate surface area is 130 Å². The highest BCUT2D eigenvalue weighted by Gasteiger charge is 2.51. The lowest BCUT2D eigenvalue weighted by Crippen LogP contribution is -2.41. The molecule has 0 saturated carbocycles. The van der Waals surface area contributed by atoms with Crippen molar-refractivity contribution in [1.29, 1.82) is 0 Å². The fourth-order valence-electron chi connectivity index (χ4n) is 2.34. The lowest BCUT2D eigenvalue weighted by Gasteiger charge is -2.32. The number of hydrogen-bond acceptors (Lipinski definition) is 3. The van der Waals surface area contributed by atoms with E-state index in [4.69, 9.17) is 9.31 Å². The van der Waals surface area contributed by atoms with Crippen molar-refractivity contribution >= 4 is 12.6 Å². The molecule has 114 valence electrons. The standard InChI is InChI=1S/C17H19BFNO2/c1-16(2)17(3,4)22-18(21-16)13-7-5-12(6-8-13)15-10-9-14(19)11-20-15/h5-11H,1-4H3. The highest BCUT2D eigenvalue weighted by molar-refractivity contribution is 6.62. The summed E-state index contributed by atoms with van der Waals surface area (Å²) >= 11 is 0. The first-order chi connectivity index (χ1) is 10.3. The molecule has 0 N–H and O–H groups in total. The van der Waals surface area contributed by atoms with Crippen LogP contribution in [0.3, 0.4) is 0 Å².